The van der Waals surface area contributed by atoms with Gasteiger partial charge in [-0.1, -0.05) is 27.5 Å². The standard InChI is InChI=1S/C13H9BrClN3O2S/c14-8-1-6-12(11(15)7-8)17-13(21)16-9-2-4-10(5-3-9)18(19)20/h1-7H,(H2,16,17,21). The highest BCUT2D eigenvalue weighted by atomic mass is 79.9. The van der Waals surface area contributed by atoms with E-state index in [1.165, 1.54) is 12.1 Å². The predicted molar refractivity (Wildman–Crippen MR) is 92.1 cm³/mol. The van der Waals surface area contributed by atoms with Crippen LogP contribution in [0.3, 0.4) is 0 Å². The molecule has 0 aromatic heterocycles. The Morgan fingerprint density at radius 2 is 1.86 bits per heavy atom. The lowest BCUT2D eigenvalue weighted by atomic mass is 10.3. The number of hydrogen-bond donors (Lipinski definition) is 2. The van der Waals surface area contributed by atoms with Crippen LogP contribution in [0.4, 0.5) is 17.1 Å². The van der Waals surface area contributed by atoms with Crippen LogP contribution in [0.25, 0.3) is 0 Å². The molecule has 2 rings (SSSR count). The van der Waals surface area contributed by atoms with Gasteiger partial charge in [0, 0.05) is 22.3 Å². The highest BCUT2D eigenvalue weighted by molar-refractivity contribution is 9.10. The molecular formula is C13H9BrClN3O2S. The number of anilines is 2. The van der Waals surface area contributed by atoms with Crippen LogP contribution in [0.5, 0.6) is 0 Å². The van der Waals surface area contributed by atoms with Gasteiger partial charge in [-0.15, -0.1) is 0 Å². The number of rotatable bonds is 3. The zero-order valence-electron chi connectivity index (χ0n) is 10.5. The molecule has 0 atom stereocenters. The summed E-state index contributed by atoms with van der Waals surface area (Å²) in [4.78, 5) is 10.1. The van der Waals surface area contributed by atoms with E-state index in [9.17, 15) is 10.1 Å². The summed E-state index contributed by atoms with van der Waals surface area (Å²) >= 11 is 14.6. The van der Waals surface area contributed by atoms with Gasteiger partial charge in [-0.25, -0.2) is 0 Å². The Bertz CT molecular complexity index is 694. The zero-order chi connectivity index (χ0) is 15.4. The van der Waals surface area contributed by atoms with Gasteiger partial charge in [0.2, 0.25) is 0 Å². The maximum absolute atomic E-state index is 10.6. The molecule has 2 aromatic carbocycles. The van der Waals surface area contributed by atoms with Gasteiger partial charge < -0.3 is 10.6 Å². The van der Waals surface area contributed by atoms with Crippen LogP contribution in [0.1, 0.15) is 0 Å². The second-order valence-corrected chi connectivity index (χ2v) is 5.74. The third kappa shape index (κ3) is 4.38. The summed E-state index contributed by atoms with van der Waals surface area (Å²) in [5, 5.41) is 17.3. The minimum atomic E-state index is -0.456. The number of nitro benzene ring substituents is 1. The number of nitro groups is 1. The Morgan fingerprint density at radius 1 is 1.19 bits per heavy atom. The molecule has 21 heavy (non-hydrogen) atoms. The van der Waals surface area contributed by atoms with E-state index in [0.717, 1.165) is 4.47 Å². The Balaban J connectivity index is 2.02. The van der Waals surface area contributed by atoms with Crippen LogP contribution in [0.15, 0.2) is 46.9 Å². The lowest BCUT2D eigenvalue weighted by molar-refractivity contribution is -0.384. The van der Waals surface area contributed by atoms with Crippen molar-refractivity contribution in [1.82, 2.24) is 0 Å². The van der Waals surface area contributed by atoms with Crippen molar-refractivity contribution in [1.29, 1.82) is 0 Å². The lowest BCUT2D eigenvalue weighted by Crippen LogP contribution is -2.19. The molecular weight excluding hydrogens is 378 g/mol. The third-order valence-corrected chi connectivity index (χ3v) is 3.53. The van der Waals surface area contributed by atoms with Crippen molar-refractivity contribution in [3.63, 3.8) is 0 Å². The SMILES string of the molecule is O=[N+]([O-])c1ccc(NC(=S)Nc2ccc(Br)cc2Cl)cc1. The van der Waals surface area contributed by atoms with Crippen LogP contribution in [-0.4, -0.2) is 10.0 Å². The molecule has 0 aliphatic heterocycles. The van der Waals surface area contributed by atoms with E-state index in [1.807, 2.05) is 6.07 Å². The van der Waals surface area contributed by atoms with Crippen molar-refractivity contribution in [3.8, 4) is 0 Å². The summed E-state index contributed by atoms with van der Waals surface area (Å²) in [6.07, 6.45) is 0. The number of benzene rings is 2. The van der Waals surface area contributed by atoms with Crippen molar-refractivity contribution in [3.05, 3.63) is 62.1 Å². The van der Waals surface area contributed by atoms with Gasteiger partial charge in [0.05, 0.1) is 15.6 Å². The van der Waals surface area contributed by atoms with E-state index in [2.05, 4.69) is 26.6 Å². The van der Waals surface area contributed by atoms with Crippen LogP contribution in [0, 0.1) is 10.1 Å². The number of thiocarbonyl (C=S) groups is 1. The van der Waals surface area contributed by atoms with E-state index in [-0.39, 0.29) is 5.69 Å². The molecule has 5 nitrogen and oxygen atoms in total. The molecule has 0 heterocycles. The van der Waals surface area contributed by atoms with Crippen molar-refractivity contribution < 1.29 is 4.92 Å². The highest BCUT2D eigenvalue weighted by Crippen LogP contribution is 2.26. The molecule has 8 heteroatoms. The van der Waals surface area contributed by atoms with Crippen molar-refractivity contribution in [2.45, 2.75) is 0 Å². The number of non-ortho nitro benzene ring substituents is 1. The van der Waals surface area contributed by atoms with Gasteiger partial charge in [0.15, 0.2) is 5.11 Å². The van der Waals surface area contributed by atoms with Crippen molar-refractivity contribution in [2.24, 2.45) is 0 Å². The van der Waals surface area contributed by atoms with Gasteiger partial charge in [0.25, 0.3) is 5.69 Å². The molecule has 0 fully saturated rings. The van der Waals surface area contributed by atoms with Crippen LogP contribution >= 0.6 is 39.7 Å². The van der Waals surface area contributed by atoms with E-state index >= 15 is 0 Å². The number of hydrogen-bond acceptors (Lipinski definition) is 3. The summed E-state index contributed by atoms with van der Waals surface area (Å²) in [6, 6.07) is 11.3. The van der Waals surface area contributed by atoms with Crippen molar-refractivity contribution in [2.75, 3.05) is 10.6 Å². The molecule has 0 unspecified atom stereocenters. The molecule has 0 radical (unpaired) electrons. The fraction of sp³-hybridized carbons (Fsp3) is 0. The van der Waals surface area contributed by atoms with E-state index in [0.29, 0.717) is 21.5 Å². The lowest BCUT2D eigenvalue weighted by Gasteiger charge is -2.11. The first-order chi connectivity index (χ1) is 9.95. The molecule has 0 saturated heterocycles. The van der Waals surface area contributed by atoms with Gasteiger partial charge in [-0.05, 0) is 42.5 Å². The average Bonchev–Trinajstić information content (AvgIpc) is 2.42. The minimum absolute atomic E-state index is 0.0235. The molecule has 0 saturated carbocycles. The Hall–Kier alpha value is -1.70. The monoisotopic (exact) mass is 385 g/mol. The average molecular weight is 387 g/mol. The maximum Gasteiger partial charge on any atom is 0.269 e. The van der Waals surface area contributed by atoms with Crippen molar-refractivity contribution >= 4 is 61.9 Å². The smallest absolute Gasteiger partial charge is 0.269 e. The third-order valence-electron chi connectivity index (χ3n) is 2.52. The normalized spacial score (nSPS) is 10.0. The molecule has 0 bridgehead atoms. The number of halogens is 2. The zero-order valence-corrected chi connectivity index (χ0v) is 13.6. The second-order valence-electron chi connectivity index (χ2n) is 4.01. The first-order valence-corrected chi connectivity index (χ1v) is 7.31. The second kappa shape index (κ2) is 6.84. The molecule has 108 valence electrons. The van der Waals surface area contributed by atoms with Gasteiger partial charge in [0.1, 0.15) is 0 Å². The first kappa shape index (κ1) is 15.7. The van der Waals surface area contributed by atoms with E-state index < -0.39 is 4.92 Å². The minimum Gasteiger partial charge on any atom is -0.332 e. The predicted octanol–water partition coefficient (Wildman–Crippen LogP) is 4.82. The topological polar surface area (TPSA) is 67.2 Å². The molecule has 0 aliphatic carbocycles. The molecule has 2 aromatic rings. The maximum atomic E-state index is 10.6. The molecule has 0 spiro atoms. The van der Waals surface area contributed by atoms with E-state index in [4.69, 9.17) is 23.8 Å². The quantitative estimate of drug-likeness (QED) is 0.450. The Morgan fingerprint density at radius 3 is 2.43 bits per heavy atom. The van der Waals surface area contributed by atoms with E-state index in [1.54, 1.807) is 24.3 Å². The number of nitrogens with one attached hydrogen (secondary N) is 2. The largest absolute Gasteiger partial charge is 0.332 e. The van der Waals surface area contributed by atoms with Gasteiger partial charge in [-0.2, -0.15) is 0 Å². The van der Waals surface area contributed by atoms with Gasteiger partial charge >= 0.3 is 0 Å². The Kier molecular flexibility index (Phi) is 5.11. The van der Waals surface area contributed by atoms with Crippen LogP contribution in [0.2, 0.25) is 5.02 Å². The first-order valence-electron chi connectivity index (χ1n) is 5.73. The van der Waals surface area contributed by atoms with Crippen LogP contribution < -0.4 is 10.6 Å². The molecule has 0 aliphatic rings. The fourth-order valence-electron chi connectivity index (χ4n) is 1.54. The number of nitrogens with zero attached hydrogens (tertiary/aromatic N) is 1. The molecule has 2 N–H and O–H groups in total. The van der Waals surface area contributed by atoms with Crippen LogP contribution in [-0.2, 0) is 0 Å². The van der Waals surface area contributed by atoms with Gasteiger partial charge in [-0.3, -0.25) is 10.1 Å². The highest BCUT2D eigenvalue weighted by Gasteiger charge is 2.06. The summed E-state index contributed by atoms with van der Waals surface area (Å²) < 4.78 is 0.868. The summed E-state index contributed by atoms with van der Waals surface area (Å²) in [7, 11) is 0. The fourth-order valence-corrected chi connectivity index (χ4v) is 2.49. The summed E-state index contributed by atoms with van der Waals surface area (Å²) in [6.45, 7) is 0. The molecule has 0 amide bonds. The summed E-state index contributed by atoms with van der Waals surface area (Å²) in [5.74, 6) is 0. The summed E-state index contributed by atoms with van der Waals surface area (Å²) in [5.41, 5.74) is 1.33. The Labute approximate surface area is 139 Å².